The lowest BCUT2D eigenvalue weighted by Crippen LogP contribution is -2.03. The van der Waals surface area contributed by atoms with Gasteiger partial charge in [-0.1, -0.05) is 13.8 Å². The van der Waals surface area contributed by atoms with E-state index in [9.17, 15) is 0 Å². The smallest absolute Gasteiger partial charge is 0.0655 e. The molecule has 1 heterocycles. The highest BCUT2D eigenvalue weighted by Crippen LogP contribution is 2.38. The number of aromatic nitrogens is 2. The molecule has 1 fully saturated rings. The fraction of sp³-hybridized carbons (Fsp3) is 0.600. The van der Waals surface area contributed by atoms with E-state index in [2.05, 4.69) is 31.2 Å². The van der Waals surface area contributed by atoms with Gasteiger partial charge in [-0.3, -0.25) is 4.68 Å². The first-order valence-corrected chi connectivity index (χ1v) is 4.58. The van der Waals surface area contributed by atoms with Gasteiger partial charge in [0, 0.05) is 18.7 Å². The first kappa shape index (κ1) is 7.84. The first-order chi connectivity index (χ1) is 5.75. The van der Waals surface area contributed by atoms with E-state index in [4.69, 9.17) is 0 Å². The second-order valence-corrected chi connectivity index (χ2v) is 3.92. The number of rotatable bonds is 3. The standard InChI is InChI=1S/C10H15N2/c1-8(2)7-12-6-5-10(11-12)9-3-4-9/h5-6,9H,3-4,7H2,1-2H3. The van der Waals surface area contributed by atoms with E-state index in [0.717, 1.165) is 12.5 Å². The largest absolute Gasteiger partial charge is 0.272 e. The normalized spacial score (nSPS) is 17.2. The van der Waals surface area contributed by atoms with Crippen molar-refractivity contribution in [1.82, 2.24) is 9.78 Å². The van der Waals surface area contributed by atoms with Crippen LogP contribution in [0, 0.1) is 5.92 Å². The predicted molar refractivity (Wildman–Crippen MR) is 48.8 cm³/mol. The SMILES string of the molecule is C[C](C)Cn1ccc(C2CC2)n1. The maximum absolute atomic E-state index is 4.51. The molecule has 0 aliphatic heterocycles. The van der Waals surface area contributed by atoms with Gasteiger partial charge in [-0.25, -0.2) is 0 Å². The molecule has 2 heteroatoms. The van der Waals surface area contributed by atoms with Crippen molar-refractivity contribution >= 4 is 0 Å². The molecule has 0 aromatic carbocycles. The maximum atomic E-state index is 4.51. The molecule has 0 N–H and O–H groups in total. The van der Waals surface area contributed by atoms with Crippen LogP contribution in [0.15, 0.2) is 12.3 Å². The summed E-state index contributed by atoms with van der Waals surface area (Å²) in [6.07, 6.45) is 4.76. The fourth-order valence-corrected chi connectivity index (χ4v) is 1.39. The van der Waals surface area contributed by atoms with E-state index < -0.39 is 0 Å². The van der Waals surface area contributed by atoms with Crippen LogP contribution in [-0.4, -0.2) is 9.78 Å². The van der Waals surface area contributed by atoms with Crippen LogP contribution in [0.2, 0.25) is 0 Å². The summed E-state index contributed by atoms with van der Waals surface area (Å²) in [7, 11) is 0. The Bertz CT molecular complexity index is 259. The highest BCUT2D eigenvalue weighted by molar-refractivity contribution is 5.12. The zero-order valence-electron chi connectivity index (χ0n) is 7.75. The lowest BCUT2D eigenvalue weighted by atomic mass is 10.2. The molecule has 0 saturated heterocycles. The van der Waals surface area contributed by atoms with Crippen LogP contribution in [0.25, 0.3) is 0 Å². The summed E-state index contributed by atoms with van der Waals surface area (Å²) in [5.41, 5.74) is 1.29. The molecule has 1 aliphatic carbocycles. The van der Waals surface area contributed by atoms with Crippen molar-refractivity contribution in [3.05, 3.63) is 23.9 Å². The van der Waals surface area contributed by atoms with E-state index in [1.54, 1.807) is 0 Å². The molecule has 12 heavy (non-hydrogen) atoms. The van der Waals surface area contributed by atoms with Crippen molar-refractivity contribution in [2.45, 2.75) is 39.2 Å². The Hall–Kier alpha value is -0.790. The van der Waals surface area contributed by atoms with Crippen LogP contribution in [0.1, 0.15) is 38.3 Å². The molecule has 1 aromatic rings. The zero-order valence-corrected chi connectivity index (χ0v) is 7.75. The topological polar surface area (TPSA) is 17.8 Å². The Morgan fingerprint density at radius 3 is 2.92 bits per heavy atom. The molecule has 2 nitrogen and oxygen atoms in total. The molecule has 0 atom stereocenters. The molecule has 1 aromatic heterocycles. The molecular weight excluding hydrogens is 148 g/mol. The second kappa shape index (κ2) is 2.92. The van der Waals surface area contributed by atoms with Crippen molar-refractivity contribution in [3.8, 4) is 0 Å². The summed E-state index contributed by atoms with van der Waals surface area (Å²) in [5.74, 6) is 2.18. The number of hydrogen-bond donors (Lipinski definition) is 0. The van der Waals surface area contributed by atoms with E-state index >= 15 is 0 Å². The molecule has 0 bridgehead atoms. The minimum atomic E-state index is 0.781. The van der Waals surface area contributed by atoms with Crippen LogP contribution >= 0.6 is 0 Å². The summed E-state index contributed by atoms with van der Waals surface area (Å²) in [6, 6.07) is 2.15. The van der Waals surface area contributed by atoms with Gasteiger partial charge in [0.05, 0.1) is 5.69 Å². The molecular formula is C10H15N2. The third kappa shape index (κ3) is 1.68. The Morgan fingerprint density at radius 1 is 1.58 bits per heavy atom. The lowest BCUT2D eigenvalue weighted by Gasteiger charge is -2.02. The molecule has 2 rings (SSSR count). The third-order valence-corrected chi connectivity index (χ3v) is 2.14. The van der Waals surface area contributed by atoms with Crippen molar-refractivity contribution in [2.24, 2.45) is 0 Å². The summed E-state index contributed by atoms with van der Waals surface area (Å²) in [4.78, 5) is 0. The van der Waals surface area contributed by atoms with Gasteiger partial charge < -0.3 is 0 Å². The Kier molecular flexibility index (Phi) is 1.91. The van der Waals surface area contributed by atoms with E-state index in [0.29, 0.717) is 0 Å². The Balaban J connectivity index is 2.03. The van der Waals surface area contributed by atoms with Crippen molar-refractivity contribution in [3.63, 3.8) is 0 Å². The van der Waals surface area contributed by atoms with Crippen LogP contribution in [-0.2, 0) is 6.54 Å². The Labute approximate surface area is 73.6 Å². The minimum absolute atomic E-state index is 0.781. The van der Waals surface area contributed by atoms with Gasteiger partial charge in [0.15, 0.2) is 0 Å². The van der Waals surface area contributed by atoms with Gasteiger partial charge in [-0.05, 0) is 24.8 Å². The van der Waals surface area contributed by atoms with Gasteiger partial charge in [-0.15, -0.1) is 0 Å². The van der Waals surface area contributed by atoms with E-state index in [-0.39, 0.29) is 0 Å². The van der Waals surface area contributed by atoms with Crippen LogP contribution in [0.4, 0.5) is 0 Å². The molecule has 0 spiro atoms. The summed E-state index contributed by atoms with van der Waals surface area (Å²) < 4.78 is 2.03. The highest BCUT2D eigenvalue weighted by atomic mass is 15.3. The van der Waals surface area contributed by atoms with Gasteiger partial charge >= 0.3 is 0 Å². The van der Waals surface area contributed by atoms with Crippen LogP contribution in [0.5, 0.6) is 0 Å². The van der Waals surface area contributed by atoms with Crippen molar-refractivity contribution in [1.29, 1.82) is 0 Å². The first-order valence-electron chi connectivity index (χ1n) is 4.58. The van der Waals surface area contributed by atoms with Gasteiger partial charge in [-0.2, -0.15) is 5.10 Å². The quantitative estimate of drug-likeness (QED) is 0.669. The van der Waals surface area contributed by atoms with Gasteiger partial charge in [0.1, 0.15) is 0 Å². The molecule has 65 valence electrons. The van der Waals surface area contributed by atoms with Crippen molar-refractivity contribution in [2.75, 3.05) is 0 Å². The molecule has 1 aliphatic rings. The number of nitrogens with zero attached hydrogens (tertiary/aromatic N) is 2. The monoisotopic (exact) mass is 163 g/mol. The van der Waals surface area contributed by atoms with Gasteiger partial charge in [0.2, 0.25) is 0 Å². The molecule has 1 radical (unpaired) electrons. The average Bonchev–Trinajstić information content (AvgIpc) is 2.73. The lowest BCUT2D eigenvalue weighted by molar-refractivity contribution is 0.619. The highest BCUT2D eigenvalue weighted by Gasteiger charge is 2.25. The molecule has 0 unspecified atom stereocenters. The third-order valence-electron chi connectivity index (χ3n) is 2.14. The number of hydrogen-bond acceptors (Lipinski definition) is 1. The average molecular weight is 163 g/mol. The van der Waals surface area contributed by atoms with Gasteiger partial charge in [0.25, 0.3) is 0 Å². The maximum Gasteiger partial charge on any atom is 0.0655 e. The van der Waals surface area contributed by atoms with Crippen LogP contribution < -0.4 is 0 Å². The second-order valence-electron chi connectivity index (χ2n) is 3.92. The summed E-state index contributed by atoms with van der Waals surface area (Å²) in [6.45, 7) is 5.24. The summed E-state index contributed by atoms with van der Waals surface area (Å²) >= 11 is 0. The molecule has 1 saturated carbocycles. The minimum Gasteiger partial charge on any atom is -0.272 e. The van der Waals surface area contributed by atoms with Crippen LogP contribution in [0.3, 0.4) is 0 Å². The van der Waals surface area contributed by atoms with E-state index in [1.165, 1.54) is 24.5 Å². The summed E-state index contributed by atoms with van der Waals surface area (Å²) in [5, 5.41) is 4.51. The van der Waals surface area contributed by atoms with Crippen molar-refractivity contribution < 1.29 is 0 Å². The fourth-order valence-electron chi connectivity index (χ4n) is 1.39. The Morgan fingerprint density at radius 2 is 2.33 bits per heavy atom. The zero-order chi connectivity index (χ0) is 8.55. The van der Waals surface area contributed by atoms with E-state index in [1.807, 2.05) is 4.68 Å². The predicted octanol–water partition coefficient (Wildman–Crippen LogP) is 2.37. The molecule has 0 amide bonds.